The molecule has 1 aromatic heterocycles. The van der Waals surface area contributed by atoms with Gasteiger partial charge in [0.1, 0.15) is 5.75 Å². The van der Waals surface area contributed by atoms with Crippen LogP contribution in [0.25, 0.3) is 17.1 Å². The molecule has 0 spiro atoms. The average molecular weight is 606 g/mol. The van der Waals surface area contributed by atoms with Crippen molar-refractivity contribution in [3.63, 3.8) is 0 Å². The predicted molar refractivity (Wildman–Crippen MR) is 174 cm³/mol. The topological polar surface area (TPSA) is 80.6 Å². The zero-order valence-electron chi connectivity index (χ0n) is 26.0. The number of benzene rings is 2. The molecule has 232 valence electrons. The number of hydrogen-bond acceptors (Lipinski definition) is 6. The molecule has 0 bridgehead atoms. The van der Waals surface area contributed by atoms with E-state index < -0.39 is 0 Å². The first-order valence-electron chi connectivity index (χ1n) is 15.9. The van der Waals surface area contributed by atoms with Crippen molar-refractivity contribution >= 4 is 23.6 Å². The smallest absolute Gasteiger partial charge is 0.222 e. The summed E-state index contributed by atoms with van der Waals surface area (Å²) in [6.45, 7) is 6.15. The first-order valence-corrected chi connectivity index (χ1v) is 16.9. The lowest BCUT2D eigenvalue weighted by molar-refractivity contribution is -0.142. The van der Waals surface area contributed by atoms with Crippen LogP contribution in [-0.4, -0.2) is 74.9 Å². The van der Waals surface area contributed by atoms with Crippen molar-refractivity contribution in [2.45, 2.75) is 89.3 Å². The van der Waals surface area contributed by atoms with Crippen LogP contribution in [-0.2, 0) is 9.59 Å². The maximum atomic E-state index is 13.1. The van der Waals surface area contributed by atoms with Gasteiger partial charge in [0.25, 0.3) is 0 Å². The largest absolute Gasteiger partial charge is 0.497 e. The molecular weight excluding hydrogens is 558 g/mol. The minimum atomic E-state index is 0.0589. The molecule has 2 amide bonds. The first kappa shape index (κ1) is 32.6. The van der Waals surface area contributed by atoms with Crippen molar-refractivity contribution in [1.29, 1.82) is 0 Å². The molecule has 43 heavy (non-hydrogen) atoms. The molecule has 1 fully saturated rings. The van der Waals surface area contributed by atoms with Crippen molar-refractivity contribution in [1.82, 2.24) is 24.6 Å². The summed E-state index contributed by atoms with van der Waals surface area (Å²) >= 11 is 1.61. The molecule has 0 saturated carbocycles. The summed E-state index contributed by atoms with van der Waals surface area (Å²) in [6.07, 6.45) is 10.3. The van der Waals surface area contributed by atoms with E-state index in [0.29, 0.717) is 32.5 Å². The molecule has 4 rings (SSSR count). The summed E-state index contributed by atoms with van der Waals surface area (Å²) in [5, 5.41) is 9.82. The van der Waals surface area contributed by atoms with E-state index in [1.54, 1.807) is 18.9 Å². The Bertz CT molecular complexity index is 1300. The third kappa shape index (κ3) is 9.33. The standard InChI is InChI=1S/C34H47N5O3S/c1-4-5-6-7-8-9-13-20-32(41)38-23-22-37(26-27(38)2)31(40)21-15-24-43-34-36-35-33(28-16-14-19-30(25-28)42-3)39(34)29-17-11-10-12-18-29/h10-12,14,16-19,25,27H,4-9,13,15,20-24,26H2,1-3H3. The number of carbonyl (C=O) groups is 2. The fourth-order valence-electron chi connectivity index (χ4n) is 5.60. The average Bonchev–Trinajstić information content (AvgIpc) is 3.46. The molecule has 1 aliphatic rings. The fourth-order valence-corrected chi connectivity index (χ4v) is 6.49. The van der Waals surface area contributed by atoms with Crippen LogP contribution in [0.3, 0.4) is 0 Å². The number of thioether (sulfide) groups is 1. The Balaban J connectivity index is 1.24. The van der Waals surface area contributed by atoms with Gasteiger partial charge in [0.05, 0.1) is 7.11 Å². The molecule has 0 N–H and O–H groups in total. The van der Waals surface area contributed by atoms with Gasteiger partial charge < -0.3 is 14.5 Å². The summed E-state index contributed by atoms with van der Waals surface area (Å²) < 4.78 is 7.48. The van der Waals surface area contributed by atoms with Gasteiger partial charge in [-0.1, -0.05) is 87.5 Å². The molecule has 0 aliphatic carbocycles. The van der Waals surface area contributed by atoms with Crippen LogP contribution >= 0.6 is 11.8 Å². The lowest BCUT2D eigenvalue weighted by Crippen LogP contribution is -2.55. The zero-order chi connectivity index (χ0) is 30.4. The number of amides is 2. The predicted octanol–water partition coefficient (Wildman–Crippen LogP) is 7.02. The molecule has 3 aromatic rings. The van der Waals surface area contributed by atoms with Crippen LogP contribution < -0.4 is 4.74 Å². The SMILES string of the molecule is CCCCCCCCCC(=O)N1CCN(C(=O)CCCSc2nnc(-c3cccc(OC)c3)n2-c2ccccc2)CC1C. The van der Waals surface area contributed by atoms with E-state index >= 15 is 0 Å². The minimum Gasteiger partial charge on any atom is -0.497 e. The van der Waals surface area contributed by atoms with Crippen molar-refractivity contribution in [3.05, 3.63) is 54.6 Å². The molecule has 1 atom stereocenters. The van der Waals surface area contributed by atoms with Crippen molar-refractivity contribution in [3.8, 4) is 22.8 Å². The monoisotopic (exact) mass is 605 g/mol. The first-order chi connectivity index (χ1) is 21.0. The molecule has 1 saturated heterocycles. The number of hydrogen-bond donors (Lipinski definition) is 0. The third-order valence-electron chi connectivity index (χ3n) is 8.04. The number of rotatable bonds is 16. The Morgan fingerprint density at radius 1 is 0.884 bits per heavy atom. The van der Waals surface area contributed by atoms with Gasteiger partial charge in [-0.2, -0.15) is 0 Å². The van der Waals surface area contributed by atoms with Gasteiger partial charge in [-0.3, -0.25) is 14.2 Å². The van der Waals surface area contributed by atoms with Gasteiger partial charge in [-0.25, -0.2) is 0 Å². The Labute approximate surface area is 261 Å². The molecule has 8 nitrogen and oxygen atoms in total. The van der Waals surface area contributed by atoms with E-state index in [1.807, 2.05) is 64.4 Å². The van der Waals surface area contributed by atoms with Gasteiger partial charge in [0, 0.05) is 55.5 Å². The number of unbranched alkanes of at least 4 members (excludes halogenated alkanes) is 6. The Hall–Kier alpha value is -3.33. The quantitative estimate of drug-likeness (QED) is 0.129. The zero-order valence-corrected chi connectivity index (χ0v) is 26.9. The Morgan fingerprint density at radius 2 is 1.63 bits per heavy atom. The van der Waals surface area contributed by atoms with Crippen molar-refractivity contribution in [2.75, 3.05) is 32.5 Å². The Morgan fingerprint density at radius 3 is 2.37 bits per heavy atom. The number of piperazine rings is 1. The van der Waals surface area contributed by atoms with Gasteiger partial charge in [0.15, 0.2) is 11.0 Å². The highest BCUT2D eigenvalue weighted by Crippen LogP contribution is 2.30. The molecule has 1 aliphatic heterocycles. The van der Waals surface area contributed by atoms with E-state index in [-0.39, 0.29) is 17.9 Å². The van der Waals surface area contributed by atoms with E-state index in [0.717, 1.165) is 53.0 Å². The normalized spacial score (nSPS) is 15.1. The highest BCUT2D eigenvalue weighted by Gasteiger charge is 2.29. The highest BCUT2D eigenvalue weighted by molar-refractivity contribution is 7.99. The van der Waals surface area contributed by atoms with Gasteiger partial charge in [-0.05, 0) is 44.0 Å². The van der Waals surface area contributed by atoms with Crippen LogP contribution in [0.2, 0.25) is 0 Å². The van der Waals surface area contributed by atoms with Crippen molar-refractivity contribution < 1.29 is 14.3 Å². The van der Waals surface area contributed by atoms with Gasteiger partial charge in [-0.15, -0.1) is 10.2 Å². The summed E-state index contributed by atoms with van der Waals surface area (Å²) in [7, 11) is 1.65. The Kier molecular flexibility index (Phi) is 12.9. The maximum Gasteiger partial charge on any atom is 0.222 e. The molecule has 2 aromatic carbocycles. The van der Waals surface area contributed by atoms with Crippen LogP contribution in [0.4, 0.5) is 0 Å². The lowest BCUT2D eigenvalue weighted by atomic mass is 10.1. The molecule has 0 radical (unpaired) electrons. The number of carbonyl (C=O) groups excluding carboxylic acids is 2. The molecule has 2 heterocycles. The molecule has 1 unspecified atom stereocenters. The summed E-state index contributed by atoms with van der Waals surface area (Å²) in [5.74, 6) is 2.66. The lowest BCUT2D eigenvalue weighted by Gasteiger charge is -2.40. The van der Waals surface area contributed by atoms with Crippen molar-refractivity contribution in [2.24, 2.45) is 0 Å². The third-order valence-corrected chi connectivity index (χ3v) is 9.05. The second kappa shape index (κ2) is 17.1. The van der Waals surface area contributed by atoms with Crippen LogP contribution in [0.15, 0.2) is 59.8 Å². The molecular formula is C34H47N5O3S. The number of aromatic nitrogens is 3. The van der Waals surface area contributed by atoms with Crippen LogP contribution in [0.5, 0.6) is 5.75 Å². The van der Waals surface area contributed by atoms with Gasteiger partial charge in [0.2, 0.25) is 11.8 Å². The number of ether oxygens (including phenoxy) is 1. The van der Waals surface area contributed by atoms with Crippen LogP contribution in [0.1, 0.15) is 78.1 Å². The molecule has 9 heteroatoms. The maximum absolute atomic E-state index is 13.1. The second-order valence-electron chi connectivity index (χ2n) is 11.3. The fraction of sp³-hybridized carbons (Fsp3) is 0.529. The highest BCUT2D eigenvalue weighted by atomic mass is 32.2. The number of methoxy groups -OCH3 is 1. The summed E-state index contributed by atoms with van der Waals surface area (Å²) in [4.78, 5) is 29.8. The van der Waals surface area contributed by atoms with E-state index in [9.17, 15) is 9.59 Å². The van der Waals surface area contributed by atoms with E-state index in [2.05, 4.69) is 28.6 Å². The summed E-state index contributed by atoms with van der Waals surface area (Å²) in [6, 6.07) is 18.0. The number of nitrogens with zero attached hydrogens (tertiary/aromatic N) is 5. The minimum absolute atomic E-state index is 0.0589. The van der Waals surface area contributed by atoms with E-state index in [4.69, 9.17) is 4.74 Å². The number of para-hydroxylation sites is 1. The van der Waals surface area contributed by atoms with Crippen LogP contribution in [0, 0.1) is 0 Å². The van der Waals surface area contributed by atoms with E-state index in [1.165, 1.54) is 32.1 Å². The second-order valence-corrected chi connectivity index (χ2v) is 12.4. The summed E-state index contributed by atoms with van der Waals surface area (Å²) in [5.41, 5.74) is 1.91. The van der Waals surface area contributed by atoms with Gasteiger partial charge >= 0.3 is 0 Å².